The molecule has 1 aromatic heterocycles. The van der Waals surface area contributed by atoms with Crippen molar-refractivity contribution in [2.24, 2.45) is 0 Å². The lowest BCUT2D eigenvalue weighted by molar-refractivity contribution is -0.116. The Labute approximate surface area is 169 Å². The average molecular weight is 414 g/mol. The molecule has 29 heavy (non-hydrogen) atoms. The van der Waals surface area contributed by atoms with E-state index in [1.807, 2.05) is 19.1 Å². The standard InChI is InChI=1S/C20H23N5O3S/c1-13-7-8-18(14(2)11-13)29(27,28)21-10-9-19(26)23-17-6-4-5-16(12-17)20-22-15(3)24-25-20/h4-8,11-12,21H,9-10H2,1-3H3,(H,23,26)(H,22,24,25). The Morgan fingerprint density at radius 3 is 2.59 bits per heavy atom. The summed E-state index contributed by atoms with van der Waals surface area (Å²) in [5.74, 6) is 0.946. The summed E-state index contributed by atoms with van der Waals surface area (Å²) in [6.45, 7) is 5.46. The van der Waals surface area contributed by atoms with Crippen molar-refractivity contribution in [2.75, 3.05) is 11.9 Å². The number of aromatic nitrogens is 3. The highest BCUT2D eigenvalue weighted by atomic mass is 32.2. The second-order valence-electron chi connectivity index (χ2n) is 6.79. The summed E-state index contributed by atoms with van der Waals surface area (Å²) in [4.78, 5) is 16.7. The molecule has 1 heterocycles. The molecule has 0 saturated heterocycles. The van der Waals surface area contributed by atoms with Crippen LogP contribution in [0.4, 0.5) is 5.69 Å². The van der Waals surface area contributed by atoms with Gasteiger partial charge in [0.05, 0.1) is 4.90 Å². The topological polar surface area (TPSA) is 117 Å². The van der Waals surface area contributed by atoms with Gasteiger partial charge in [-0.15, -0.1) is 0 Å². The lowest BCUT2D eigenvalue weighted by Crippen LogP contribution is -2.28. The van der Waals surface area contributed by atoms with Gasteiger partial charge in [-0.3, -0.25) is 9.89 Å². The number of hydrogen-bond acceptors (Lipinski definition) is 5. The summed E-state index contributed by atoms with van der Waals surface area (Å²) in [6, 6.07) is 12.3. The molecule has 0 atom stereocenters. The van der Waals surface area contributed by atoms with E-state index in [0.29, 0.717) is 22.9 Å². The fraction of sp³-hybridized carbons (Fsp3) is 0.250. The Balaban J connectivity index is 1.58. The van der Waals surface area contributed by atoms with Gasteiger partial charge in [0, 0.05) is 24.2 Å². The van der Waals surface area contributed by atoms with Crippen LogP contribution in [0.25, 0.3) is 11.4 Å². The fourth-order valence-corrected chi connectivity index (χ4v) is 4.17. The molecule has 0 aliphatic heterocycles. The number of sulfonamides is 1. The number of anilines is 1. The zero-order chi connectivity index (χ0) is 21.0. The van der Waals surface area contributed by atoms with E-state index in [-0.39, 0.29) is 23.8 Å². The summed E-state index contributed by atoms with van der Waals surface area (Å²) in [7, 11) is -3.67. The highest BCUT2D eigenvalue weighted by Crippen LogP contribution is 2.19. The molecule has 3 N–H and O–H groups in total. The third-order valence-electron chi connectivity index (χ3n) is 4.27. The van der Waals surface area contributed by atoms with Crippen LogP contribution in [0.3, 0.4) is 0 Å². The molecule has 3 rings (SSSR count). The smallest absolute Gasteiger partial charge is 0.240 e. The summed E-state index contributed by atoms with van der Waals surface area (Å²) in [5.41, 5.74) is 3.01. The zero-order valence-electron chi connectivity index (χ0n) is 16.5. The molecule has 0 saturated carbocycles. The number of benzene rings is 2. The summed E-state index contributed by atoms with van der Waals surface area (Å²) >= 11 is 0. The highest BCUT2D eigenvalue weighted by molar-refractivity contribution is 7.89. The second kappa shape index (κ2) is 8.54. The predicted octanol–water partition coefficient (Wildman–Crippen LogP) is 2.70. The van der Waals surface area contributed by atoms with Crippen LogP contribution in [-0.4, -0.2) is 36.1 Å². The average Bonchev–Trinajstić information content (AvgIpc) is 3.08. The molecule has 0 radical (unpaired) electrons. The van der Waals surface area contributed by atoms with E-state index in [2.05, 4.69) is 25.2 Å². The number of nitrogens with one attached hydrogen (secondary N) is 3. The van der Waals surface area contributed by atoms with E-state index in [1.165, 1.54) is 0 Å². The molecule has 3 aromatic rings. The van der Waals surface area contributed by atoms with Crippen LogP contribution in [0, 0.1) is 20.8 Å². The van der Waals surface area contributed by atoms with Gasteiger partial charge in [0.2, 0.25) is 15.9 Å². The third-order valence-corrected chi connectivity index (χ3v) is 5.89. The first kappa shape index (κ1) is 20.7. The van der Waals surface area contributed by atoms with E-state index in [4.69, 9.17) is 0 Å². The first-order valence-corrected chi connectivity index (χ1v) is 10.6. The minimum atomic E-state index is -3.67. The van der Waals surface area contributed by atoms with Crippen LogP contribution < -0.4 is 10.0 Å². The molecule has 0 aliphatic rings. The molecule has 0 bridgehead atoms. The summed E-state index contributed by atoms with van der Waals surface area (Å²) in [5, 5.41) is 9.64. The Hall–Kier alpha value is -3.04. The van der Waals surface area contributed by atoms with Crippen LogP contribution in [0.2, 0.25) is 0 Å². The molecule has 0 aliphatic carbocycles. The van der Waals surface area contributed by atoms with Gasteiger partial charge in [-0.25, -0.2) is 18.1 Å². The maximum absolute atomic E-state index is 12.4. The van der Waals surface area contributed by atoms with Crippen LogP contribution in [0.15, 0.2) is 47.4 Å². The first-order chi connectivity index (χ1) is 13.7. The highest BCUT2D eigenvalue weighted by Gasteiger charge is 2.17. The van der Waals surface area contributed by atoms with E-state index in [1.54, 1.807) is 44.2 Å². The van der Waals surface area contributed by atoms with Gasteiger partial charge in [0.15, 0.2) is 5.82 Å². The molecule has 0 fully saturated rings. The molecular weight excluding hydrogens is 390 g/mol. The number of rotatable bonds is 7. The third kappa shape index (κ3) is 5.27. The van der Waals surface area contributed by atoms with Crippen molar-refractivity contribution in [1.29, 1.82) is 0 Å². The Morgan fingerprint density at radius 1 is 1.10 bits per heavy atom. The van der Waals surface area contributed by atoms with Crippen molar-refractivity contribution in [3.05, 3.63) is 59.4 Å². The van der Waals surface area contributed by atoms with E-state index in [9.17, 15) is 13.2 Å². The van der Waals surface area contributed by atoms with Crippen molar-refractivity contribution in [3.8, 4) is 11.4 Å². The maximum Gasteiger partial charge on any atom is 0.240 e. The fourth-order valence-electron chi connectivity index (χ4n) is 2.91. The predicted molar refractivity (Wildman–Crippen MR) is 111 cm³/mol. The van der Waals surface area contributed by atoms with E-state index in [0.717, 1.165) is 11.1 Å². The van der Waals surface area contributed by atoms with Gasteiger partial charge < -0.3 is 5.32 Å². The van der Waals surface area contributed by atoms with Gasteiger partial charge in [0.25, 0.3) is 0 Å². The largest absolute Gasteiger partial charge is 0.326 e. The number of H-pyrrole nitrogens is 1. The second-order valence-corrected chi connectivity index (χ2v) is 8.53. The molecule has 0 spiro atoms. The normalized spacial score (nSPS) is 11.4. The van der Waals surface area contributed by atoms with Crippen LogP contribution >= 0.6 is 0 Å². The minimum Gasteiger partial charge on any atom is -0.326 e. The van der Waals surface area contributed by atoms with E-state index >= 15 is 0 Å². The minimum absolute atomic E-state index is 0.00128. The number of aryl methyl sites for hydroxylation is 3. The van der Waals surface area contributed by atoms with Crippen molar-refractivity contribution < 1.29 is 13.2 Å². The molecule has 9 heteroatoms. The van der Waals surface area contributed by atoms with Crippen LogP contribution in [0.5, 0.6) is 0 Å². The van der Waals surface area contributed by atoms with Gasteiger partial charge in [-0.05, 0) is 44.5 Å². The number of nitrogens with zero attached hydrogens (tertiary/aromatic N) is 2. The summed E-state index contributed by atoms with van der Waals surface area (Å²) < 4.78 is 27.4. The van der Waals surface area contributed by atoms with Crippen LogP contribution in [0.1, 0.15) is 23.4 Å². The molecule has 152 valence electrons. The molecule has 2 aromatic carbocycles. The quantitative estimate of drug-likeness (QED) is 0.551. The van der Waals surface area contributed by atoms with Gasteiger partial charge in [-0.2, -0.15) is 5.10 Å². The lowest BCUT2D eigenvalue weighted by atomic mass is 10.2. The van der Waals surface area contributed by atoms with Gasteiger partial charge in [-0.1, -0.05) is 29.8 Å². The zero-order valence-corrected chi connectivity index (χ0v) is 17.3. The number of carbonyl (C=O) groups is 1. The van der Waals surface area contributed by atoms with Crippen molar-refractivity contribution in [3.63, 3.8) is 0 Å². The van der Waals surface area contributed by atoms with Gasteiger partial charge >= 0.3 is 0 Å². The Morgan fingerprint density at radius 2 is 1.90 bits per heavy atom. The number of aromatic amines is 1. The first-order valence-electron chi connectivity index (χ1n) is 9.11. The SMILES string of the molecule is Cc1ccc(S(=O)(=O)NCCC(=O)Nc2cccc(-c3n[nH]c(C)n3)c2)c(C)c1. The van der Waals surface area contributed by atoms with Gasteiger partial charge in [0.1, 0.15) is 5.82 Å². The van der Waals surface area contributed by atoms with Crippen molar-refractivity contribution in [2.45, 2.75) is 32.1 Å². The number of hydrogen-bond donors (Lipinski definition) is 3. The lowest BCUT2D eigenvalue weighted by Gasteiger charge is -2.10. The molecule has 1 amide bonds. The summed E-state index contributed by atoms with van der Waals surface area (Å²) in [6.07, 6.45) is 0.00806. The van der Waals surface area contributed by atoms with Crippen molar-refractivity contribution in [1.82, 2.24) is 19.9 Å². The molecule has 0 unspecified atom stereocenters. The monoisotopic (exact) mass is 413 g/mol. The van der Waals surface area contributed by atoms with Crippen LogP contribution in [-0.2, 0) is 14.8 Å². The van der Waals surface area contributed by atoms with Crippen molar-refractivity contribution >= 4 is 21.6 Å². The number of amides is 1. The Kier molecular flexibility index (Phi) is 6.09. The molecular formula is C20H23N5O3S. The maximum atomic E-state index is 12.4. The molecule has 8 nitrogen and oxygen atoms in total. The number of carbonyl (C=O) groups excluding carboxylic acids is 1. The Bertz CT molecular complexity index is 1140. The van der Waals surface area contributed by atoms with E-state index < -0.39 is 10.0 Å².